The fraction of sp³-hybridized carbons (Fsp3) is 0. The first-order valence-electron chi connectivity index (χ1n) is 4.33. The highest BCUT2D eigenvalue weighted by Crippen LogP contribution is 2.25. The number of carbonyl (C=O) groups excluding carboxylic acids is 1. The number of rotatable bonds is 2. The zero-order chi connectivity index (χ0) is 11.5. The van der Waals surface area contributed by atoms with Crippen LogP contribution in [0.4, 0.5) is 5.69 Å². The number of nitrogens with one attached hydrogen (secondary N) is 1. The van der Waals surface area contributed by atoms with Crippen molar-refractivity contribution in [2.24, 2.45) is 0 Å². The first-order valence-corrected chi connectivity index (χ1v) is 5.96. The number of hydrogen-bond donors (Lipinski definition) is 1. The average Bonchev–Trinajstić information content (AvgIpc) is 2.75. The van der Waals surface area contributed by atoms with E-state index in [9.17, 15) is 4.79 Å². The molecule has 6 heteroatoms. The summed E-state index contributed by atoms with van der Waals surface area (Å²) in [6.45, 7) is 0. The molecule has 0 fully saturated rings. The molecule has 1 heterocycles. The summed E-state index contributed by atoms with van der Waals surface area (Å²) in [4.78, 5) is 15.6. The Balaban J connectivity index is 2.18. The third-order valence-corrected chi connectivity index (χ3v) is 3.13. The zero-order valence-corrected chi connectivity index (χ0v) is 10.2. The Morgan fingerprint density at radius 1 is 1.38 bits per heavy atom. The van der Waals surface area contributed by atoms with E-state index in [0.717, 1.165) is 0 Å². The molecule has 2 aromatic rings. The number of nitrogens with zero attached hydrogens (tertiary/aromatic N) is 1. The van der Waals surface area contributed by atoms with Crippen LogP contribution in [0, 0.1) is 0 Å². The number of aromatic nitrogens is 1. The standard InChI is InChI=1S/C10H6Cl2N2OS/c11-6-1-2-8(7(12)5-6)14-9(15)10-13-3-4-16-10/h1-5H,(H,14,15). The summed E-state index contributed by atoms with van der Waals surface area (Å²) in [6.07, 6.45) is 1.57. The summed E-state index contributed by atoms with van der Waals surface area (Å²) in [5.74, 6) is -0.278. The Labute approximate surface area is 106 Å². The Bertz CT molecular complexity index is 514. The van der Waals surface area contributed by atoms with Crippen molar-refractivity contribution in [3.05, 3.63) is 44.8 Å². The quantitative estimate of drug-likeness (QED) is 0.906. The van der Waals surface area contributed by atoms with Crippen LogP contribution in [0.5, 0.6) is 0 Å². The van der Waals surface area contributed by atoms with Gasteiger partial charge in [0.1, 0.15) is 0 Å². The van der Waals surface area contributed by atoms with Gasteiger partial charge in [0, 0.05) is 16.6 Å². The molecule has 0 bridgehead atoms. The van der Waals surface area contributed by atoms with Crippen LogP contribution in [0.1, 0.15) is 9.80 Å². The molecule has 0 radical (unpaired) electrons. The van der Waals surface area contributed by atoms with E-state index in [4.69, 9.17) is 23.2 Å². The summed E-state index contributed by atoms with van der Waals surface area (Å²) in [7, 11) is 0. The van der Waals surface area contributed by atoms with Crippen LogP contribution in [0.25, 0.3) is 0 Å². The number of hydrogen-bond acceptors (Lipinski definition) is 3. The molecule has 0 saturated carbocycles. The van der Waals surface area contributed by atoms with Gasteiger partial charge in [-0.1, -0.05) is 23.2 Å². The Morgan fingerprint density at radius 3 is 2.81 bits per heavy atom. The molecule has 0 spiro atoms. The van der Waals surface area contributed by atoms with E-state index in [2.05, 4.69) is 10.3 Å². The minimum atomic E-state index is -0.278. The number of thiazole rings is 1. The van der Waals surface area contributed by atoms with Crippen molar-refractivity contribution in [3.8, 4) is 0 Å². The number of benzene rings is 1. The molecule has 0 atom stereocenters. The van der Waals surface area contributed by atoms with Crippen LogP contribution >= 0.6 is 34.5 Å². The van der Waals surface area contributed by atoms with Gasteiger partial charge in [-0.25, -0.2) is 4.98 Å². The predicted molar refractivity (Wildman–Crippen MR) is 66.5 cm³/mol. The summed E-state index contributed by atoms with van der Waals surface area (Å²) in [5.41, 5.74) is 0.520. The molecule has 0 aliphatic carbocycles. The number of carbonyl (C=O) groups is 1. The van der Waals surface area contributed by atoms with Gasteiger partial charge in [-0.3, -0.25) is 4.79 Å². The van der Waals surface area contributed by atoms with Crippen LogP contribution in [0.3, 0.4) is 0 Å². The first kappa shape index (κ1) is 11.4. The third-order valence-electron chi connectivity index (χ3n) is 1.81. The molecular weight excluding hydrogens is 267 g/mol. The number of halogens is 2. The zero-order valence-electron chi connectivity index (χ0n) is 7.91. The van der Waals surface area contributed by atoms with Crippen molar-refractivity contribution in [1.29, 1.82) is 0 Å². The lowest BCUT2D eigenvalue weighted by Gasteiger charge is -2.05. The second-order valence-electron chi connectivity index (χ2n) is 2.92. The minimum absolute atomic E-state index is 0.278. The SMILES string of the molecule is O=C(Nc1ccc(Cl)cc1Cl)c1nccs1. The van der Waals surface area contributed by atoms with Gasteiger partial charge in [0.15, 0.2) is 5.01 Å². The average molecular weight is 273 g/mol. The molecule has 0 saturated heterocycles. The molecule has 0 unspecified atom stereocenters. The maximum atomic E-state index is 11.7. The lowest BCUT2D eigenvalue weighted by atomic mass is 10.3. The van der Waals surface area contributed by atoms with Crippen LogP contribution in [-0.2, 0) is 0 Å². The summed E-state index contributed by atoms with van der Waals surface area (Å²) < 4.78 is 0. The van der Waals surface area contributed by atoms with Gasteiger partial charge in [0.05, 0.1) is 10.7 Å². The van der Waals surface area contributed by atoms with Crippen molar-refractivity contribution in [2.75, 3.05) is 5.32 Å². The van der Waals surface area contributed by atoms with E-state index in [1.807, 2.05) is 0 Å². The maximum absolute atomic E-state index is 11.7. The van der Waals surface area contributed by atoms with E-state index in [1.165, 1.54) is 11.3 Å². The highest BCUT2D eigenvalue weighted by atomic mass is 35.5. The second-order valence-corrected chi connectivity index (χ2v) is 4.65. The number of amides is 1. The van der Waals surface area contributed by atoms with Crippen molar-refractivity contribution >= 4 is 46.1 Å². The molecule has 1 aromatic heterocycles. The van der Waals surface area contributed by atoms with Crippen molar-refractivity contribution in [1.82, 2.24) is 4.98 Å². The van der Waals surface area contributed by atoms with Gasteiger partial charge >= 0.3 is 0 Å². The summed E-state index contributed by atoms with van der Waals surface area (Å²) >= 11 is 12.9. The van der Waals surface area contributed by atoms with Gasteiger partial charge in [-0.15, -0.1) is 11.3 Å². The van der Waals surface area contributed by atoms with Gasteiger partial charge < -0.3 is 5.32 Å². The van der Waals surface area contributed by atoms with Crippen molar-refractivity contribution in [3.63, 3.8) is 0 Å². The van der Waals surface area contributed by atoms with Gasteiger partial charge in [-0.2, -0.15) is 0 Å². The smallest absolute Gasteiger partial charge is 0.284 e. The third kappa shape index (κ3) is 2.52. The van der Waals surface area contributed by atoms with Gasteiger partial charge in [-0.05, 0) is 18.2 Å². The largest absolute Gasteiger partial charge is 0.319 e. The van der Waals surface area contributed by atoms with E-state index in [-0.39, 0.29) is 5.91 Å². The highest BCUT2D eigenvalue weighted by molar-refractivity contribution is 7.11. The Kier molecular flexibility index (Phi) is 3.43. The van der Waals surface area contributed by atoms with Crippen LogP contribution < -0.4 is 5.32 Å². The Morgan fingerprint density at radius 2 is 2.19 bits per heavy atom. The van der Waals surface area contributed by atoms with E-state index in [1.54, 1.807) is 29.8 Å². The fourth-order valence-electron chi connectivity index (χ4n) is 1.10. The van der Waals surface area contributed by atoms with E-state index < -0.39 is 0 Å². The fourth-order valence-corrected chi connectivity index (χ4v) is 2.09. The molecule has 1 amide bonds. The lowest BCUT2D eigenvalue weighted by Crippen LogP contribution is -2.11. The molecule has 82 valence electrons. The molecular formula is C10H6Cl2N2OS. The number of anilines is 1. The van der Waals surface area contributed by atoms with E-state index in [0.29, 0.717) is 20.7 Å². The van der Waals surface area contributed by atoms with Crippen LogP contribution in [0.2, 0.25) is 10.0 Å². The second kappa shape index (κ2) is 4.82. The molecule has 0 aliphatic rings. The summed E-state index contributed by atoms with van der Waals surface area (Å²) in [6, 6.07) is 4.88. The topological polar surface area (TPSA) is 42.0 Å². The molecule has 2 rings (SSSR count). The normalized spacial score (nSPS) is 10.1. The molecule has 16 heavy (non-hydrogen) atoms. The minimum Gasteiger partial charge on any atom is -0.319 e. The van der Waals surface area contributed by atoms with E-state index >= 15 is 0 Å². The molecule has 1 N–H and O–H groups in total. The summed E-state index contributed by atoms with van der Waals surface area (Å²) in [5, 5.41) is 5.71. The molecule has 1 aromatic carbocycles. The maximum Gasteiger partial charge on any atom is 0.284 e. The molecule has 0 aliphatic heterocycles. The molecule has 3 nitrogen and oxygen atoms in total. The van der Waals surface area contributed by atoms with Gasteiger partial charge in [0.2, 0.25) is 0 Å². The van der Waals surface area contributed by atoms with Crippen LogP contribution in [0.15, 0.2) is 29.8 Å². The predicted octanol–water partition coefficient (Wildman–Crippen LogP) is 3.70. The monoisotopic (exact) mass is 272 g/mol. The Hall–Kier alpha value is -1.10. The van der Waals surface area contributed by atoms with Crippen molar-refractivity contribution < 1.29 is 4.79 Å². The lowest BCUT2D eigenvalue weighted by molar-refractivity contribution is 0.102. The first-order chi connectivity index (χ1) is 7.66. The van der Waals surface area contributed by atoms with Crippen molar-refractivity contribution in [2.45, 2.75) is 0 Å². The van der Waals surface area contributed by atoms with Gasteiger partial charge in [0.25, 0.3) is 5.91 Å². The highest BCUT2D eigenvalue weighted by Gasteiger charge is 2.10. The van der Waals surface area contributed by atoms with Crippen LogP contribution in [-0.4, -0.2) is 10.9 Å².